The third kappa shape index (κ3) is 3.94. The van der Waals surface area contributed by atoms with Crippen LogP contribution >= 0.6 is 0 Å². The van der Waals surface area contributed by atoms with E-state index in [1.165, 1.54) is 4.90 Å². The normalized spacial score (nSPS) is 32.1. The molecule has 0 spiro atoms. The van der Waals surface area contributed by atoms with Crippen LogP contribution < -0.4 is 5.73 Å². The molecule has 2 nitrogen and oxygen atoms in total. The van der Waals surface area contributed by atoms with Crippen molar-refractivity contribution in [2.24, 2.45) is 17.6 Å². The monoisotopic (exact) mass is 238 g/mol. The summed E-state index contributed by atoms with van der Waals surface area (Å²) < 4.78 is 36.9. The summed E-state index contributed by atoms with van der Waals surface area (Å²) in [5.41, 5.74) is 5.63. The fraction of sp³-hybridized carbons (Fsp3) is 1.00. The van der Waals surface area contributed by atoms with Gasteiger partial charge >= 0.3 is 6.18 Å². The highest BCUT2D eigenvalue weighted by atomic mass is 19.4. The number of halogens is 3. The van der Waals surface area contributed by atoms with Gasteiger partial charge in [-0.05, 0) is 38.3 Å². The number of rotatable bonds is 3. The first-order valence-corrected chi connectivity index (χ1v) is 5.80. The minimum absolute atomic E-state index is 0.0182. The third-order valence-corrected chi connectivity index (χ3v) is 3.52. The Morgan fingerprint density at radius 3 is 2.44 bits per heavy atom. The zero-order valence-corrected chi connectivity index (χ0v) is 9.93. The van der Waals surface area contributed by atoms with Crippen LogP contribution in [-0.4, -0.2) is 37.3 Å². The second kappa shape index (κ2) is 5.36. The first-order valence-electron chi connectivity index (χ1n) is 5.80. The van der Waals surface area contributed by atoms with Gasteiger partial charge in [-0.1, -0.05) is 13.3 Å². The molecule has 1 saturated carbocycles. The van der Waals surface area contributed by atoms with Crippen molar-refractivity contribution in [1.82, 2.24) is 4.90 Å². The second-order valence-corrected chi connectivity index (χ2v) is 5.01. The molecule has 1 aliphatic carbocycles. The second-order valence-electron chi connectivity index (χ2n) is 5.01. The highest BCUT2D eigenvalue weighted by molar-refractivity contribution is 4.85. The van der Waals surface area contributed by atoms with E-state index in [0.717, 1.165) is 19.3 Å². The lowest BCUT2D eigenvalue weighted by atomic mass is 9.78. The van der Waals surface area contributed by atoms with Crippen LogP contribution in [0.4, 0.5) is 13.2 Å². The van der Waals surface area contributed by atoms with Gasteiger partial charge in [-0.3, -0.25) is 4.90 Å². The minimum Gasteiger partial charge on any atom is -0.330 e. The van der Waals surface area contributed by atoms with Crippen molar-refractivity contribution in [3.05, 3.63) is 0 Å². The molecule has 0 saturated heterocycles. The van der Waals surface area contributed by atoms with Crippen LogP contribution in [0.3, 0.4) is 0 Å². The highest BCUT2D eigenvalue weighted by Crippen LogP contribution is 2.32. The number of nitrogens with two attached hydrogens (primary N) is 1. The highest BCUT2D eigenvalue weighted by Gasteiger charge is 2.36. The van der Waals surface area contributed by atoms with Gasteiger partial charge in [-0.25, -0.2) is 0 Å². The summed E-state index contributed by atoms with van der Waals surface area (Å²) in [6.07, 6.45) is -1.26. The fourth-order valence-corrected chi connectivity index (χ4v) is 2.63. The minimum atomic E-state index is -4.12. The Morgan fingerprint density at radius 2 is 1.94 bits per heavy atom. The van der Waals surface area contributed by atoms with E-state index in [1.54, 1.807) is 7.05 Å². The Labute approximate surface area is 95.0 Å². The van der Waals surface area contributed by atoms with Crippen molar-refractivity contribution >= 4 is 0 Å². The summed E-state index contributed by atoms with van der Waals surface area (Å²) in [5, 5.41) is 0. The standard InChI is InChI=1S/C11H21F3N2/c1-8-3-4-9(6-15)10(5-8)16(2)7-11(12,13)14/h8-10H,3-7,15H2,1-2H3. The van der Waals surface area contributed by atoms with Crippen LogP contribution in [0.5, 0.6) is 0 Å². The molecule has 0 heterocycles. The summed E-state index contributed by atoms with van der Waals surface area (Å²) in [4.78, 5) is 1.42. The Balaban J connectivity index is 2.59. The number of nitrogens with zero attached hydrogens (tertiary/aromatic N) is 1. The molecule has 0 aromatic carbocycles. The van der Waals surface area contributed by atoms with Gasteiger partial charge in [-0.2, -0.15) is 13.2 Å². The van der Waals surface area contributed by atoms with Crippen LogP contribution in [0, 0.1) is 11.8 Å². The molecule has 0 aromatic rings. The SMILES string of the molecule is CC1CCC(CN)C(N(C)CC(F)(F)F)C1. The van der Waals surface area contributed by atoms with E-state index < -0.39 is 12.7 Å². The lowest BCUT2D eigenvalue weighted by molar-refractivity contribution is -0.151. The molecule has 1 aliphatic rings. The molecule has 96 valence electrons. The summed E-state index contributed by atoms with van der Waals surface area (Å²) >= 11 is 0. The maximum atomic E-state index is 12.3. The predicted molar refractivity (Wildman–Crippen MR) is 58.0 cm³/mol. The van der Waals surface area contributed by atoms with E-state index in [1.807, 2.05) is 0 Å². The quantitative estimate of drug-likeness (QED) is 0.817. The first-order chi connectivity index (χ1) is 7.33. The van der Waals surface area contributed by atoms with Crippen LogP contribution in [0.1, 0.15) is 26.2 Å². The van der Waals surface area contributed by atoms with E-state index in [2.05, 4.69) is 6.92 Å². The third-order valence-electron chi connectivity index (χ3n) is 3.52. The van der Waals surface area contributed by atoms with Gasteiger partial charge in [-0.15, -0.1) is 0 Å². The van der Waals surface area contributed by atoms with Gasteiger partial charge in [0.2, 0.25) is 0 Å². The number of hydrogen-bond donors (Lipinski definition) is 1. The van der Waals surface area contributed by atoms with Crippen molar-refractivity contribution < 1.29 is 13.2 Å². The van der Waals surface area contributed by atoms with Crippen LogP contribution in [0.15, 0.2) is 0 Å². The Kier molecular flexibility index (Phi) is 4.62. The van der Waals surface area contributed by atoms with Gasteiger partial charge < -0.3 is 5.73 Å². The molecule has 1 fully saturated rings. The first kappa shape index (κ1) is 13.8. The molecular formula is C11H21F3N2. The Morgan fingerprint density at radius 1 is 1.31 bits per heavy atom. The van der Waals surface area contributed by atoms with E-state index in [-0.39, 0.29) is 12.0 Å². The van der Waals surface area contributed by atoms with E-state index in [4.69, 9.17) is 5.73 Å². The van der Waals surface area contributed by atoms with Crippen molar-refractivity contribution in [2.45, 2.75) is 38.4 Å². The Bertz CT molecular complexity index is 218. The van der Waals surface area contributed by atoms with Crippen LogP contribution in [-0.2, 0) is 0 Å². The average Bonchev–Trinajstić information content (AvgIpc) is 2.15. The van der Waals surface area contributed by atoms with E-state index in [0.29, 0.717) is 12.5 Å². The molecule has 2 N–H and O–H groups in total. The van der Waals surface area contributed by atoms with Crippen molar-refractivity contribution in [3.8, 4) is 0 Å². The topological polar surface area (TPSA) is 29.3 Å². The zero-order valence-electron chi connectivity index (χ0n) is 9.93. The summed E-state index contributed by atoms with van der Waals surface area (Å²) in [5.74, 6) is 0.715. The smallest absolute Gasteiger partial charge is 0.330 e. The van der Waals surface area contributed by atoms with E-state index in [9.17, 15) is 13.2 Å². The lowest BCUT2D eigenvalue weighted by Crippen LogP contribution is -2.47. The zero-order chi connectivity index (χ0) is 12.3. The molecule has 0 bridgehead atoms. The van der Waals surface area contributed by atoms with Gasteiger partial charge in [0.25, 0.3) is 0 Å². The van der Waals surface area contributed by atoms with Gasteiger partial charge in [0.05, 0.1) is 6.54 Å². The molecule has 5 heteroatoms. The molecular weight excluding hydrogens is 217 g/mol. The molecule has 3 atom stereocenters. The molecule has 1 rings (SSSR count). The lowest BCUT2D eigenvalue weighted by Gasteiger charge is -2.40. The Hall–Kier alpha value is -0.290. The molecule has 3 unspecified atom stereocenters. The maximum absolute atomic E-state index is 12.3. The van der Waals surface area contributed by atoms with Crippen LogP contribution in [0.2, 0.25) is 0 Å². The molecule has 0 aromatic heterocycles. The predicted octanol–water partition coefficient (Wildman–Crippen LogP) is 2.24. The summed E-state index contributed by atoms with van der Waals surface area (Å²) in [6.45, 7) is 1.75. The molecule has 0 amide bonds. The maximum Gasteiger partial charge on any atom is 0.401 e. The fourth-order valence-electron chi connectivity index (χ4n) is 2.63. The molecule has 16 heavy (non-hydrogen) atoms. The summed E-state index contributed by atoms with van der Waals surface area (Å²) in [6, 6.07) is -0.0182. The average molecular weight is 238 g/mol. The van der Waals surface area contributed by atoms with Crippen molar-refractivity contribution in [3.63, 3.8) is 0 Å². The molecule has 0 radical (unpaired) electrons. The van der Waals surface area contributed by atoms with Crippen molar-refractivity contribution in [1.29, 1.82) is 0 Å². The van der Waals surface area contributed by atoms with E-state index >= 15 is 0 Å². The number of alkyl halides is 3. The van der Waals surface area contributed by atoms with Gasteiger partial charge in [0.1, 0.15) is 0 Å². The van der Waals surface area contributed by atoms with Gasteiger partial charge in [0.15, 0.2) is 0 Å². The number of hydrogen-bond acceptors (Lipinski definition) is 2. The van der Waals surface area contributed by atoms with Crippen molar-refractivity contribution in [2.75, 3.05) is 20.1 Å². The van der Waals surface area contributed by atoms with Crippen LogP contribution in [0.25, 0.3) is 0 Å². The van der Waals surface area contributed by atoms with Gasteiger partial charge in [0, 0.05) is 6.04 Å². The largest absolute Gasteiger partial charge is 0.401 e. The molecule has 0 aliphatic heterocycles. The summed E-state index contributed by atoms with van der Waals surface area (Å²) in [7, 11) is 1.55.